The van der Waals surface area contributed by atoms with E-state index < -0.39 is 80.1 Å². The van der Waals surface area contributed by atoms with E-state index in [0.29, 0.717) is 6.42 Å². The van der Waals surface area contributed by atoms with Gasteiger partial charge in [0.25, 0.3) is 0 Å². The predicted octanol–water partition coefficient (Wildman–Crippen LogP) is -2.64. The maximum atomic E-state index is 12.9. The summed E-state index contributed by atoms with van der Waals surface area (Å²) in [6.07, 6.45) is 1.01. The van der Waals surface area contributed by atoms with Gasteiger partial charge in [-0.1, -0.05) is 61.5 Å². The molecule has 0 radical (unpaired) electrons. The van der Waals surface area contributed by atoms with E-state index in [1.165, 1.54) is 0 Å². The lowest BCUT2D eigenvalue weighted by molar-refractivity contribution is -0.131. The smallest absolute Gasteiger partial charge is 0.243 e. The first-order valence-corrected chi connectivity index (χ1v) is 14.8. The molecule has 9 N–H and O–H groups in total. The number of carbonyl (C=O) groups is 8. The van der Waals surface area contributed by atoms with Crippen LogP contribution in [0.4, 0.5) is 0 Å². The molecule has 252 valence electrons. The lowest BCUT2D eigenvalue weighted by Gasteiger charge is -2.19. The molecular weight excluding hydrogens is 612 g/mol. The SMILES string of the molecule is CCCC(=O)N[C@@H](Cc1ccc(-c2ccccc2)cc1)C(=O)NCC(=O)NCC(=O)NCC(=O)NCC(=O)NCC(=O)NCC(N)=O. The Morgan fingerprint density at radius 1 is 0.553 bits per heavy atom. The monoisotopic (exact) mass is 652 g/mol. The normalized spacial score (nSPS) is 10.8. The number of carbonyl (C=O) groups excluding carboxylic acids is 8. The zero-order chi connectivity index (χ0) is 34.6. The van der Waals surface area contributed by atoms with Gasteiger partial charge in [0.2, 0.25) is 47.3 Å². The number of hydrogen-bond acceptors (Lipinski definition) is 8. The fourth-order valence-electron chi connectivity index (χ4n) is 3.91. The second-order valence-electron chi connectivity index (χ2n) is 10.2. The Morgan fingerprint density at radius 2 is 0.979 bits per heavy atom. The van der Waals surface area contributed by atoms with Crippen LogP contribution < -0.4 is 43.0 Å². The molecule has 0 saturated carbocycles. The Hall–Kier alpha value is -5.80. The van der Waals surface area contributed by atoms with Gasteiger partial charge in [0.1, 0.15) is 6.04 Å². The van der Waals surface area contributed by atoms with Crippen LogP contribution in [-0.2, 0) is 44.8 Å². The Bertz CT molecular complexity index is 1420. The average Bonchev–Trinajstić information content (AvgIpc) is 3.06. The van der Waals surface area contributed by atoms with E-state index in [9.17, 15) is 38.4 Å². The molecule has 0 unspecified atom stereocenters. The van der Waals surface area contributed by atoms with E-state index >= 15 is 0 Å². The van der Waals surface area contributed by atoms with Gasteiger partial charge in [0.05, 0.1) is 39.3 Å². The number of nitrogens with two attached hydrogens (primary N) is 1. The van der Waals surface area contributed by atoms with E-state index in [1.807, 2.05) is 61.5 Å². The van der Waals surface area contributed by atoms with E-state index in [2.05, 4.69) is 37.2 Å². The number of nitrogens with one attached hydrogen (secondary N) is 7. The predicted molar refractivity (Wildman–Crippen MR) is 170 cm³/mol. The van der Waals surface area contributed by atoms with Gasteiger partial charge in [-0.05, 0) is 23.1 Å². The van der Waals surface area contributed by atoms with Gasteiger partial charge in [-0.2, -0.15) is 0 Å². The van der Waals surface area contributed by atoms with Crippen molar-refractivity contribution in [3.05, 3.63) is 60.2 Å². The summed E-state index contributed by atoms with van der Waals surface area (Å²) < 4.78 is 0. The van der Waals surface area contributed by atoms with Crippen LogP contribution >= 0.6 is 0 Å². The number of rotatable bonds is 19. The summed E-state index contributed by atoms with van der Waals surface area (Å²) in [5, 5.41) is 16.4. The third kappa shape index (κ3) is 15.7. The number of primary amides is 1. The molecule has 16 nitrogen and oxygen atoms in total. The molecule has 8 amide bonds. The van der Waals surface area contributed by atoms with E-state index in [0.717, 1.165) is 16.7 Å². The lowest BCUT2D eigenvalue weighted by Crippen LogP contribution is -2.50. The van der Waals surface area contributed by atoms with E-state index in [1.54, 1.807) is 0 Å². The minimum absolute atomic E-state index is 0.191. The van der Waals surface area contributed by atoms with Crippen molar-refractivity contribution in [1.29, 1.82) is 0 Å². The molecule has 1 atom stereocenters. The van der Waals surface area contributed by atoms with Crippen LogP contribution in [0.1, 0.15) is 25.3 Å². The first-order valence-electron chi connectivity index (χ1n) is 14.8. The highest BCUT2D eigenvalue weighted by atomic mass is 16.2. The molecule has 0 bridgehead atoms. The second-order valence-corrected chi connectivity index (χ2v) is 10.2. The van der Waals surface area contributed by atoms with Gasteiger partial charge >= 0.3 is 0 Å². The average molecular weight is 653 g/mol. The largest absolute Gasteiger partial charge is 0.368 e. The second kappa shape index (κ2) is 20.3. The maximum Gasteiger partial charge on any atom is 0.243 e. The third-order valence-corrected chi connectivity index (χ3v) is 6.30. The van der Waals surface area contributed by atoms with Crippen molar-refractivity contribution in [2.75, 3.05) is 39.3 Å². The minimum Gasteiger partial charge on any atom is -0.368 e. The van der Waals surface area contributed by atoms with Crippen LogP contribution in [0.3, 0.4) is 0 Å². The number of benzene rings is 2. The first-order chi connectivity index (χ1) is 22.5. The number of amides is 8. The van der Waals surface area contributed by atoms with Gasteiger partial charge < -0.3 is 43.0 Å². The Morgan fingerprint density at radius 3 is 1.43 bits per heavy atom. The zero-order valence-electron chi connectivity index (χ0n) is 26.0. The topological polar surface area (TPSA) is 247 Å². The Balaban J connectivity index is 1.73. The fourth-order valence-corrected chi connectivity index (χ4v) is 3.91. The summed E-state index contributed by atoms with van der Waals surface area (Å²) in [6.45, 7) is -0.912. The van der Waals surface area contributed by atoms with Crippen molar-refractivity contribution < 1.29 is 38.4 Å². The van der Waals surface area contributed by atoms with Gasteiger partial charge in [0, 0.05) is 12.8 Å². The molecule has 0 heterocycles. The van der Waals surface area contributed by atoms with Gasteiger partial charge in [0.15, 0.2) is 0 Å². The van der Waals surface area contributed by atoms with Crippen LogP contribution in [0.15, 0.2) is 54.6 Å². The molecule has 0 aliphatic heterocycles. The molecule has 0 saturated heterocycles. The summed E-state index contributed by atoms with van der Waals surface area (Å²) in [4.78, 5) is 95.1. The molecule has 2 aromatic rings. The van der Waals surface area contributed by atoms with Crippen molar-refractivity contribution >= 4 is 47.3 Å². The molecular formula is C31H40N8O8. The van der Waals surface area contributed by atoms with Crippen molar-refractivity contribution in [2.24, 2.45) is 5.73 Å². The van der Waals surface area contributed by atoms with Crippen LogP contribution in [0.25, 0.3) is 11.1 Å². The molecule has 47 heavy (non-hydrogen) atoms. The zero-order valence-corrected chi connectivity index (χ0v) is 26.0. The Labute approximate surface area is 271 Å². The van der Waals surface area contributed by atoms with Crippen LogP contribution in [0.5, 0.6) is 0 Å². The summed E-state index contributed by atoms with van der Waals surface area (Å²) in [6, 6.07) is 16.4. The highest BCUT2D eigenvalue weighted by Gasteiger charge is 2.22. The molecule has 2 aromatic carbocycles. The van der Waals surface area contributed by atoms with Gasteiger partial charge in [-0.25, -0.2) is 0 Å². The molecule has 16 heteroatoms. The summed E-state index contributed by atoms with van der Waals surface area (Å²) in [5.74, 6) is -5.07. The molecule has 0 aliphatic rings. The van der Waals surface area contributed by atoms with Crippen molar-refractivity contribution in [3.63, 3.8) is 0 Å². The maximum absolute atomic E-state index is 12.9. The van der Waals surface area contributed by atoms with Crippen molar-refractivity contribution in [3.8, 4) is 11.1 Å². The highest BCUT2D eigenvalue weighted by Crippen LogP contribution is 2.19. The summed E-state index contributed by atoms with van der Waals surface area (Å²) >= 11 is 0. The summed E-state index contributed by atoms with van der Waals surface area (Å²) in [5.41, 5.74) is 7.73. The Kier molecular flexibility index (Phi) is 16.1. The van der Waals surface area contributed by atoms with Gasteiger partial charge in [-0.3, -0.25) is 38.4 Å². The van der Waals surface area contributed by atoms with Crippen LogP contribution in [0.2, 0.25) is 0 Å². The fraction of sp³-hybridized carbons (Fsp3) is 0.355. The van der Waals surface area contributed by atoms with Crippen LogP contribution in [0, 0.1) is 0 Å². The first kappa shape index (κ1) is 37.4. The van der Waals surface area contributed by atoms with Crippen molar-refractivity contribution in [2.45, 2.75) is 32.2 Å². The lowest BCUT2D eigenvalue weighted by atomic mass is 10.00. The number of hydrogen-bond donors (Lipinski definition) is 8. The highest BCUT2D eigenvalue weighted by molar-refractivity contribution is 5.93. The molecule has 0 aromatic heterocycles. The standard InChI is InChI=1S/C31H40N8O8/c1-2-6-25(41)39-23(13-20-9-11-22(12-10-20)21-7-4-3-5-8-21)31(47)38-19-30(46)37-18-29(45)36-17-28(44)35-16-27(43)34-15-26(42)33-14-24(32)40/h3-5,7-12,23H,2,6,13-19H2,1H3,(H2,32,40)(H,33,42)(H,34,43)(H,35,44)(H,36,45)(H,37,46)(H,38,47)(H,39,41)/t23-/m0/s1. The van der Waals surface area contributed by atoms with Crippen molar-refractivity contribution in [1.82, 2.24) is 37.2 Å². The van der Waals surface area contributed by atoms with Crippen LogP contribution in [-0.4, -0.2) is 92.6 Å². The molecule has 0 aliphatic carbocycles. The molecule has 2 rings (SSSR count). The molecule has 0 spiro atoms. The quantitative estimate of drug-likeness (QED) is 0.0795. The molecule has 0 fully saturated rings. The third-order valence-electron chi connectivity index (χ3n) is 6.30. The minimum atomic E-state index is -0.938. The summed E-state index contributed by atoms with van der Waals surface area (Å²) in [7, 11) is 0. The van der Waals surface area contributed by atoms with Gasteiger partial charge in [-0.15, -0.1) is 0 Å². The van der Waals surface area contributed by atoms with E-state index in [-0.39, 0.29) is 25.3 Å². The van der Waals surface area contributed by atoms with E-state index in [4.69, 9.17) is 5.73 Å².